The lowest BCUT2D eigenvalue weighted by atomic mass is 9.76. The summed E-state index contributed by atoms with van der Waals surface area (Å²) in [5.74, 6) is 1.58. The van der Waals surface area contributed by atoms with E-state index in [0.29, 0.717) is 5.92 Å². The fraction of sp³-hybridized carbons (Fsp3) is 0.526. The number of hydrogen-bond donors (Lipinski definition) is 1. The Morgan fingerprint density at radius 3 is 2.76 bits per heavy atom. The van der Waals surface area contributed by atoms with Crippen molar-refractivity contribution >= 4 is 10.9 Å². The van der Waals surface area contributed by atoms with Gasteiger partial charge in [0.2, 0.25) is 0 Å². The first-order valence-electron chi connectivity index (χ1n) is 8.38. The molecule has 2 nitrogen and oxygen atoms in total. The van der Waals surface area contributed by atoms with Gasteiger partial charge < -0.3 is 5.73 Å². The van der Waals surface area contributed by atoms with Crippen molar-refractivity contribution in [2.75, 3.05) is 0 Å². The molecule has 1 aromatic carbocycles. The molecule has 2 heteroatoms. The molecule has 1 unspecified atom stereocenters. The molecule has 1 saturated carbocycles. The van der Waals surface area contributed by atoms with Gasteiger partial charge in [0.15, 0.2) is 0 Å². The minimum atomic E-state index is 0.166. The lowest BCUT2D eigenvalue weighted by Gasteiger charge is -2.32. The van der Waals surface area contributed by atoms with Gasteiger partial charge in [0, 0.05) is 17.6 Å². The first kappa shape index (κ1) is 14.5. The van der Waals surface area contributed by atoms with Crippen molar-refractivity contribution in [2.45, 2.75) is 51.5 Å². The third-order valence-corrected chi connectivity index (χ3v) is 5.11. The molecule has 1 fully saturated rings. The van der Waals surface area contributed by atoms with Gasteiger partial charge in [-0.1, -0.05) is 50.8 Å². The average Bonchev–Trinajstić information content (AvgIpc) is 2.55. The standard InChI is InChI=1S/C19H26N2/c1-2-4-14-6-8-16(9-7-14)19(20)17-11-10-15-5-3-12-21-18(15)13-17/h3,5,10-14,16,19H,2,4,6-9,20H2,1H3. The van der Waals surface area contributed by atoms with Gasteiger partial charge >= 0.3 is 0 Å². The van der Waals surface area contributed by atoms with E-state index in [-0.39, 0.29) is 6.04 Å². The summed E-state index contributed by atoms with van der Waals surface area (Å²) in [6, 6.07) is 10.8. The molecule has 0 aliphatic heterocycles. The number of benzene rings is 1. The van der Waals surface area contributed by atoms with Crippen molar-refractivity contribution in [1.82, 2.24) is 4.98 Å². The van der Waals surface area contributed by atoms with Gasteiger partial charge in [-0.05, 0) is 42.4 Å². The molecule has 0 amide bonds. The zero-order valence-corrected chi connectivity index (χ0v) is 13.0. The molecule has 21 heavy (non-hydrogen) atoms. The van der Waals surface area contributed by atoms with E-state index in [1.807, 2.05) is 12.3 Å². The molecular weight excluding hydrogens is 256 g/mol. The smallest absolute Gasteiger partial charge is 0.0705 e. The Balaban J connectivity index is 1.70. The van der Waals surface area contributed by atoms with Crippen LogP contribution < -0.4 is 5.73 Å². The summed E-state index contributed by atoms with van der Waals surface area (Å²) in [6.45, 7) is 2.29. The quantitative estimate of drug-likeness (QED) is 0.871. The van der Waals surface area contributed by atoms with Crippen LogP contribution in [0.15, 0.2) is 36.5 Å². The highest BCUT2D eigenvalue weighted by atomic mass is 14.7. The number of rotatable bonds is 4. The molecule has 3 rings (SSSR count). The Hall–Kier alpha value is -1.41. The topological polar surface area (TPSA) is 38.9 Å². The van der Waals surface area contributed by atoms with Crippen LogP contribution in [0, 0.1) is 11.8 Å². The Kier molecular flexibility index (Phi) is 4.54. The second-order valence-electron chi connectivity index (χ2n) is 6.55. The predicted octanol–water partition coefficient (Wildman–Crippen LogP) is 4.84. The molecule has 1 aromatic heterocycles. The van der Waals surface area contributed by atoms with Crippen LogP contribution in [0.3, 0.4) is 0 Å². The molecular formula is C19H26N2. The largest absolute Gasteiger partial charge is 0.324 e. The van der Waals surface area contributed by atoms with E-state index in [9.17, 15) is 0 Å². The van der Waals surface area contributed by atoms with Crippen molar-refractivity contribution in [2.24, 2.45) is 17.6 Å². The van der Waals surface area contributed by atoms with Crippen molar-refractivity contribution < 1.29 is 0 Å². The van der Waals surface area contributed by atoms with Crippen LogP contribution >= 0.6 is 0 Å². The first-order chi connectivity index (χ1) is 10.3. The maximum absolute atomic E-state index is 6.55. The van der Waals surface area contributed by atoms with Crippen LogP contribution in [0.2, 0.25) is 0 Å². The van der Waals surface area contributed by atoms with E-state index in [0.717, 1.165) is 11.4 Å². The van der Waals surface area contributed by atoms with Gasteiger partial charge in [0.1, 0.15) is 0 Å². The summed E-state index contributed by atoms with van der Waals surface area (Å²) in [5.41, 5.74) is 8.86. The van der Waals surface area contributed by atoms with Crippen LogP contribution in [0.1, 0.15) is 57.1 Å². The predicted molar refractivity (Wildman–Crippen MR) is 89.0 cm³/mol. The van der Waals surface area contributed by atoms with E-state index in [2.05, 4.69) is 36.2 Å². The molecule has 0 saturated heterocycles. The molecule has 112 valence electrons. The molecule has 2 aromatic rings. The molecule has 0 bridgehead atoms. The number of hydrogen-bond acceptors (Lipinski definition) is 2. The summed E-state index contributed by atoms with van der Waals surface area (Å²) in [7, 11) is 0. The number of fused-ring (bicyclic) bond motifs is 1. The maximum Gasteiger partial charge on any atom is 0.0705 e. The highest BCUT2D eigenvalue weighted by Gasteiger charge is 2.26. The van der Waals surface area contributed by atoms with Crippen molar-refractivity contribution in [3.63, 3.8) is 0 Å². The van der Waals surface area contributed by atoms with E-state index < -0.39 is 0 Å². The molecule has 0 spiro atoms. The number of aromatic nitrogens is 1. The Morgan fingerprint density at radius 2 is 2.00 bits per heavy atom. The van der Waals surface area contributed by atoms with Gasteiger partial charge in [-0.15, -0.1) is 0 Å². The van der Waals surface area contributed by atoms with E-state index >= 15 is 0 Å². The van der Waals surface area contributed by atoms with E-state index in [1.54, 1.807) is 0 Å². The monoisotopic (exact) mass is 282 g/mol. The van der Waals surface area contributed by atoms with Crippen LogP contribution in [0.5, 0.6) is 0 Å². The van der Waals surface area contributed by atoms with Crippen molar-refractivity contribution in [1.29, 1.82) is 0 Å². The zero-order chi connectivity index (χ0) is 14.7. The summed E-state index contributed by atoms with van der Waals surface area (Å²) in [4.78, 5) is 4.45. The molecule has 1 aliphatic rings. The highest BCUT2D eigenvalue weighted by molar-refractivity contribution is 5.78. The minimum Gasteiger partial charge on any atom is -0.324 e. The summed E-state index contributed by atoms with van der Waals surface area (Å²) in [5, 5.41) is 1.19. The van der Waals surface area contributed by atoms with Gasteiger partial charge in [0.05, 0.1) is 5.52 Å². The summed E-state index contributed by atoms with van der Waals surface area (Å²) < 4.78 is 0. The minimum absolute atomic E-state index is 0.166. The van der Waals surface area contributed by atoms with Crippen LogP contribution in [-0.4, -0.2) is 4.98 Å². The van der Waals surface area contributed by atoms with Crippen LogP contribution in [0.4, 0.5) is 0 Å². The van der Waals surface area contributed by atoms with Crippen LogP contribution in [-0.2, 0) is 0 Å². The number of pyridine rings is 1. The normalized spacial score (nSPS) is 24.1. The summed E-state index contributed by atoms with van der Waals surface area (Å²) >= 11 is 0. The highest BCUT2D eigenvalue weighted by Crippen LogP contribution is 2.37. The lowest BCUT2D eigenvalue weighted by molar-refractivity contribution is 0.234. The fourth-order valence-electron chi connectivity index (χ4n) is 3.81. The van der Waals surface area contributed by atoms with Gasteiger partial charge in [0.25, 0.3) is 0 Å². The van der Waals surface area contributed by atoms with Crippen molar-refractivity contribution in [3.05, 3.63) is 42.1 Å². The second kappa shape index (κ2) is 6.57. The van der Waals surface area contributed by atoms with Gasteiger partial charge in [-0.2, -0.15) is 0 Å². The molecule has 2 N–H and O–H groups in total. The Morgan fingerprint density at radius 1 is 1.19 bits per heavy atom. The van der Waals surface area contributed by atoms with Crippen molar-refractivity contribution in [3.8, 4) is 0 Å². The zero-order valence-electron chi connectivity index (χ0n) is 13.0. The SMILES string of the molecule is CCCC1CCC(C(N)c2ccc3cccnc3c2)CC1. The van der Waals surface area contributed by atoms with Gasteiger partial charge in [-0.25, -0.2) is 0 Å². The third kappa shape index (κ3) is 3.26. The Bertz CT molecular complexity index is 585. The molecule has 1 atom stereocenters. The number of nitrogens with zero attached hydrogens (tertiary/aromatic N) is 1. The summed E-state index contributed by atoms with van der Waals surface area (Å²) in [6.07, 6.45) is 9.85. The second-order valence-corrected chi connectivity index (χ2v) is 6.55. The van der Waals surface area contributed by atoms with Crippen LogP contribution in [0.25, 0.3) is 10.9 Å². The maximum atomic E-state index is 6.55. The van der Waals surface area contributed by atoms with Gasteiger partial charge in [-0.3, -0.25) is 4.98 Å². The lowest BCUT2D eigenvalue weighted by Crippen LogP contribution is -2.26. The average molecular weight is 282 g/mol. The molecule has 1 aliphatic carbocycles. The fourth-order valence-corrected chi connectivity index (χ4v) is 3.81. The third-order valence-electron chi connectivity index (χ3n) is 5.11. The van der Waals surface area contributed by atoms with E-state index in [4.69, 9.17) is 5.73 Å². The number of nitrogens with two attached hydrogens (primary N) is 1. The molecule has 0 radical (unpaired) electrons. The first-order valence-corrected chi connectivity index (χ1v) is 8.38. The Labute approximate surface area is 127 Å². The van der Waals surface area contributed by atoms with E-state index in [1.165, 1.54) is 49.5 Å². The molecule has 1 heterocycles.